The lowest BCUT2D eigenvalue weighted by Crippen LogP contribution is -2.20. The molecule has 0 aliphatic heterocycles. The highest BCUT2D eigenvalue weighted by atomic mass is 16.5. The third-order valence-electron chi connectivity index (χ3n) is 8.25. The number of aromatic nitrogens is 4. The van der Waals surface area contributed by atoms with Gasteiger partial charge in [-0.1, -0.05) is 41.5 Å². The summed E-state index contributed by atoms with van der Waals surface area (Å²) >= 11 is 0. The number of hydrogen-bond donors (Lipinski definition) is 5. The summed E-state index contributed by atoms with van der Waals surface area (Å²) in [5.41, 5.74) is 2.81. The Labute approximate surface area is 323 Å². The van der Waals surface area contributed by atoms with Crippen molar-refractivity contribution in [1.82, 2.24) is 19.4 Å². The molecular weight excluding hydrogens is 716 g/mol. The number of carbonyl (C=O) groups is 4. The highest BCUT2D eigenvalue weighted by Gasteiger charge is 2.26. The minimum atomic E-state index is -0.512. The zero-order valence-corrected chi connectivity index (χ0v) is 32.2. The van der Waals surface area contributed by atoms with Crippen LogP contribution in [0.4, 0.5) is 11.5 Å². The molecule has 0 aliphatic rings. The molecule has 0 saturated heterocycles. The van der Waals surface area contributed by atoms with Gasteiger partial charge in [0.1, 0.15) is 41.9 Å². The number of imidazole rings is 1. The van der Waals surface area contributed by atoms with E-state index in [0.29, 0.717) is 51.2 Å². The molecule has 2 amide bonds. The van der Waals surface area contributed by atoms with E-state index in [1.54, 1.807) is 95.8 Å². The van der Waals surface area contributed by atoms with Crippen LogP contribution in [0.5, 0.6) is 11.5 Å². The fourth-order valence-electron chi connectivity index (χ4n) is 5.31. The number of benzene rings is 2. The number of Topliss-reactive ketones (excluding diaryl/α,β-unsaturated/α-hetero) is 2. The first-order valence-corrected chi connectivity index (χ1v) is 17.9. The second-order valence-electron chi connectivity index (χ2n) is 14.9. The number of fused-ring (bicyclic) bond motifs is 2. The van der Waals surface area contributed by atoms with Crippen molar-refractivity contribution in [3.8, 4) is 11.5 Å². The lowest BCUT2D eigenvalue weighted by atomic mass is 9.89. The van der Waals surface area contributed by atoms with Crippen LogP contribution < -0.4 is 20.1 Å². The Balaban J connectivity index is 0.000000214. The van der Waals surface area contributed by atoms with Crippen molar-refractivity contribution in [2.75, 3.05) is 37.1 Å². The second kappa shape index (κ2) is 17.4. The molecule has 0 fully saturated rings. The lowest BCUT2D eigenvalue weighted by molar-refractivity contribution is 0.0848. The van der Waals surface area contributed by atoms with Gasteiger partial charge in [0.25, 0.3) is 11.8 Å². The first kappa shape index (κ1) is 40.8. The molecule has 0 atom stereocenters. The monoisotopic (exact) mass is 762 g/mol. The summed E-state index contributed by atoms with van der Waals surface area (Å²) in [4.78, 5) is 61.4. The largest absolute Gasteiger partial charge is 0.491 e. The van der Waals surface area contributed by atoms with Crippen LogP contribution in [-0.4, -0.2) is 79.4 Å². The minimum Gasteiger partial charge on any atom is -0.491 e. The van der Waals surface area contributed by atoms with Crippen molar-refractivity contribution in [2.45, 2.75) is 41.5 Å². The SMILES string of the molecule is CC(C)(C)C(=O)c1cc2cc(NC(=O)c3ccc(OCCO)cc3)ncc2[nH]1.CC(C)(C)C(=O)c1cn2cc(NC(=O)c3ccc(OCCO)cc3)ccc2n1. The van der Waals surface area contributed by atoms with Gasteiger partial charge in [-0.15, -0.1) is 0 Å². The molecule has 6 aromatic rings. The smallest absolute Gasteiger partial charge is 0.256 e. The molecule has 2 aromatic carbocycles. The Kier molecular flexibility index (Phi) is 12.7. The summed E-state index contributed by atoms with van der Waals surface area (Å²) in [5, 5.41) is 23.9. The Morgan fingerprint density at radius 2 is 1.27 bits per heavy atom. The molecule has 56 heavy (non-hydrogen) atoms. The zero-order chi connectivity index (χ0) is 40.6. The van der Waals surface area contributed by atoms with Gasteiger partial charge in [0.05, 0.1) is 36.3 Å². The van der Waals surface area contributed by atoms with Crippen LogP contribution in [0.25, 0.3) is 16.6 Å². The van der Waals surface area contributed by atoms with Gasteiger partial charge in [-0.3, -0.25) is 19.2 Å². The van der Waals surface area contributed by atoms with Gasteiger partial charge in [-0.05, 0) is 72.8 Å². The predicted molar refractivity (Wildman–Crippen MR) is 213 cm³/mol. The van der Waals surface area contributed by atoms with Crippen molar-refractivity contribution in [3.63, 3.8) is 0 Å². The Hall–Kier alpha value is -6.38. The fraction of sp³-hybridized carbons (Fsp3) is 0.286. The van der Waals surface area contributed by atoms with E-state index in [1.165, 1.54) is 0 Å². The van der Waals surface area contributed by atoms with E-state index in [4.69, 9.17) is 19.7 Å². The van der Waals surface area contributed by atoms with E-state index in [9.17, 15) is 19.2 Å². The van der Waals surface area contributed by atoms with Crippen LogP contribution in [0, 0.1) is 10.8 Å². The summed E-state index contributed by atoms with van der Waals surface area (Å²) < 4.78 is 12.3. The van der Waals surface area contributed by atoms with Crippen LogP contribution in [0.15, 0.2) is 91.4 Å². The number of pyridine rings is 2. The summed E-state index contributed by atoms with van der Waals surface area (Å²) in [5.74, 6) is 0.964. The third kappa shape index (κ3) is 10.4. The number of ether oxygens (including phenoxy) is 2. The van der Waals surface area contributed by atoms with E-state index < -0.39 is 10.8 Å². The maximum absolute atomic E-state index is 12.4. The molecule has 0 unspecified atom stereocenters. The molecule has 0 spiro atoms. The van der Waals surface area contributed by atoms with E-state index in [0.717, 1.165) is 10.9 Å². The normalized spacial score (nSPS) is 11.4. The van der Waals surface area contributed by atoms with E-state index in [1.807, 2.05) is 41.5 Å². The molecule has 292 valence electrons. The fourth-order valence-corrected chi connectivity index (χ4v) is 5.31. The van der Waals surface area contributed by atoms with Crippen molar-refractivity contribution in [3.05, 3.63) is 114 Å². The minimum absolute atomic E-state index is 0.0118. The van der Waals surface area contributed by atoms with Crippen LogP contribution in [0.3, 0.4) is 0 Å². The molecule has 14 nitrogen and oxygen atoms in total. The number of hydrogen-bond acceptors (Lipinski definition) is 10. The average molecular weight is 763 g/mol. The quantitative estimate of drug-likeness (QED) is 0.0847. The molecule has 0 saturated carbocycles. The van der Waals surface area contributed by atoms with Crippen molar-refractivity contribution in [2.24, 2.45) is 10.8 Å². The van der Waals surface area contributed by atoms with Crippen LogP contribution in [0.1, 0.15) is 83.2 Å². The topological polar surface area (TPSA) is 197 Å². The van der Waals surface area contributed by atoms with Gasteiger partial charge < -0.3 is 39.7 Å². The maximum Gasteiger partial charge on any atom is 0.256 e. The van der Waals surface area contributed by atoms with E-state index >= 15 is 0 Å². The van der Waals surface area contributed by atoms with Crippen molar-refractivity contribution < 1.29 is 38.9 Å². The number of rotatable bonds is 12. The van der Waals surface area contributed by atoms with E-state index in [2.05, 4.69) is 25.6 Å². The molecule has 14 heteroatoms. The molecule has 6 rings (SSSR count). The lowest BCUT2D eigenvalue weighted by Gasteiger charge is -2.14. The first-order valence-electron chi connectivity index (χ1n) is 17.9. The average Bonchev–Trinajstić information content (AvgIpc) is 3.79. The highest BCUT2D eigenvalue weighted by Crippen LogP contribution is 2.25. The second-order valence-corrected chi connectivity index (χ2v) is 14.9. The van der Waals surface area contributed by atoms with Crippen LogP contribution in [-0.2, 0) is 0 Å². The van der Waals surface area contributed by atoms with E-state index in [-0.39, 0.29) is 49.8 Å². The number of ketones is 2. The maximum atomic E-state index is 12.4. The Morgan fingerprint density at radius 1 is 0.714 bits per heavy atom. The summed E-state index contributed by atoms with van der Waals surface area (Å²) in [6, 6.07) is 20.2. The highest BCUT2D eigenvalue weighted by molar-refractivity contribution is 6.06. The number of H-pyrrole nitrogens is 1. The number of carbonyl (C=O) groups excluding carboxylic acids is 4. The molecule has 4 heterocycles. The number of amides is 2. The molecule has 0 bridgehead atoms. The number of nitrogens with zero attached hydrogens (tertiary/aromatic N) is 3. The van der Waals surface area contributed by atoms with Gasteiger partial charge in [-0.2, -0.15) is 0 Å². The number of nitrogens with one attached hydrogen (secondary N) is 3. The van der Waals surface area contributed by atoms with Crippen LogP contribution >= 0.6 is 0 Å². The van der Waals surface area contributed by atoms with Crippen molar-refractivity contribution in [1.29, 1.82) is 0 Å². The number of aromatic amines is 1. The molecule has 0 radical (unpaired) electrons. The van der Waals surface area contributed by atoms with Gasteiger partial charge in [0.15, 0.2) is 11.6 Å². The first-order chi connectivity index (χ1) is 26.5. The van der Waals surface area contributed by atoms with Crippen molar-refractivity contribution >= 4 is 51.4 Å². The van der Waals surface area contributed by atoms with Gasteiger partial charge >= 0.3 is 0 Å². The van der Waals surface area contributed by atoms with Crippen LogP contribution in [0.2, 0.25) is 0 Å². The number of anilines is 2. The third-order valence-corrected chi connectivity index (χ3v) is 8.25. The molecule has 5 N–H and O–H groups in total. The summed E-state index contributed by atoms with van der Waals surface area (Å²) in [7, 11) is 0. The Morgan fingerprint density at radius 3 is 1.80 bits per heavy atom. The predicted octanol–water partition coefficient (Wildman–Crippen LogP) is 6.60. The zero-order valence-electron chi connectivity index (χ0n) is 32.2. The summed E-state index contributed by atoms with van der Waals surface area (Å²) in [6.07, 6.45) is 4.99. The van der Waals surface area contributed by atoms with Gasteiger partial charge in [0.2, 0.25) is 0 Å². The Bertz CT molecular complexity index is 2170. The molecular formula is C42H46N6O8. The standard InChI is InChI=1S/2C21H23N3O4/c1-21(2,3)19(26)17-13-24-12-15(6-9-18(24)23-17)22-20(27)14-4-7-16(8-5-14)28-11-10-25;1-21(2,3)19(26)16-10-14-11-18(22-12-17(14)23-16)24-20(27)13-4-6-15(7-5-13)28-9-8-25/h4-9,12-13,25H,10-11H2,1-3H3,(H,22,27);4-7,10-12,23,25H,8-9H2,1-3H3,(H,22,24,27). The summed E-state index contributed by atoms with van der Waals surface area (Å²) in [6.45, 7) is 11.4. The molecule has 4 aromatic heterocycles. The number of aliphatic hydroxyl groups excluding tert-OH is 2. The molecule has 0 aliphatic carbocycles. The van der Waals surface area contributed by atoms with Gasteiger partial charge in [0, 0.05) is 39.7 Å². The van der Waals surface area contributed by atoms with Gasteiger partial charge in [-0.25, -0.2) is 9.97 Å². The number of aliphatic hydroxyl groups is 2.